The Morgan fingerprint density at radius 2 is 1.35 bits per heavy atom. The van der Waals surface area contributed by atoms with Crippen molar-refractivity contribution < 1.29 is 19.5 Å². The van der Waals surface area contributed by atoms with Gasteiger partial charge in [-0.05, 0) is 107 Å². The van der Waals surface area contributed by atoms with Gasteiger partial charge in [-0.2, -0.15) is 0 Å². The van der Waals surface area contributed by atoms with Crippen LogP contribution in [-0.2, 0) is 16.1 Å². The summed E-state index contributed by atoms with van der Waals surface area (Å²) in [6.45, 7) is 9.85. The van der Waals surface area contributed by atoms with Crippen molar-refractivity contribution in [3.63, 3.8) is 0 Å². The first-order valence-corrected chi connectivity index (χ1v) is 19.7. The van der Waals surface area contributed by atoms with Crippen molar-refractivity contribution in [3.8, 4) is 5.75 Å². The Balaban J connectivity index is 0.851. The highest BCUT2D eigenvalue weighted by Gasteiger charge is 2.39. The van der Waals surface area contributed by atoms with Crippen LogP contribution in [0.15, 0.2) is 97.1 Å². The van der Waals surface area contributed by atoms with E-state index in [2.05, 4.69) is 88.4 Å². The molecule has 3 aliphatic heterocycles. The quantitative estimate of drug-likeness (QED) is 0.142. The van der Waals surface area contributed by atoms with Gasteiger partial charge in [0.25, 0.3) is 5.91 Å². The minimum absolute atomic E-state index is 0.0192. The number of piperazine rings is 1. The van der Waals surface area contributed by atoms with Crippen molar-refractivity contribution in [3.05, 3.63) is 125 Å². The molecule has 278 valence electrons. The number of nitrogens with zero attached hydrogens (tertiary/aromatic N) is 4. The molecule has 1 aliphatic carbocycles. The maximum absolute atomic E-state index is 13.2. The number of carbonyl (C=O) groups is 3. The number of hydrogen-bond acceptors (Lipinski definition) is 7. The maximum Gasteiger partial charge on any atom is 0.255 e. The van der Waals surface area contributed by atoms with E-state index in [9.17, 15) is 19.5 Å². The topological polar surface area (TPSA) is 84.4 Å². The molecule has 0 aromatic heterocycles. The highest BCUT2D eigenvalue weighted by molar-refractivity contribution is 6.07. The van der Waals surface area contributed by atoms with Gasteiger partial charge in [0.1, 0.15) is 11.5 Å². The molecule has 0 spiro atoms. The largest absolute Gasteiger partial charge is 0.508 e. The molecule has 1 atom stereocenters. The number of amides is 1. The lowest BCUT2D eigenvalue weighted by molar-refractivity contribution is -0.133. The zero-order valence-corrected chi connectivity index (χ0v) is 31.3. The molecule has 0 unspecified atom stereocenters. The minimum atomic E-state index is -0.477. The normalized spacial score (nSPS) is 20.4. The molecule has 4 aliphatic rings. The van der Waals surface area contributed by atoms with Gasteiger partial charge < -0.3 is 19.8 Å². The molecule has 8 nitrogen and oxygen atoms in total. The van der Waals surface area contributed by atoms with E-state index in [1.54, 1.807) is 17.0 Å². The van der Waals surface area contributed by atoms with Gasteiger partial charge in [0.15, 0.2) is 5.78 Å². The molecule has 3 fully saturated rings. The molecule has 4 aromatic carbocycles. The first-order chi connectivity index (χ1) is 26.3. The molecule has 1 saturated carbocycles. The van der Waals surface area contributed by atoms with Gasteiger partial charge in [-0.1, -0.05) is 61.5 Å². The van der Waals surface area contributed by atoms with Crippen LogP contribution >= 0.6 is 0 Å². The Kier molecular flexibility index (Phi) is 10.4. The lowest BCUT2D eigenvalue weighted by atomic mass is 9.88. The van der Waals surface area contributed by atoms with Gasteiger partial charge in [0, 0.05) is 75.7 Å². The van der Waals surface area contributed by atoms with Crippen LogP contribution in [0.4, 0.5) is 11.4 Å². The van der Waals surface area contributed by atoms with Crippen molar-refractivity contribution in [2.24, 2.45) is 5.92 Å². The summed E-state index contributed by atoms with van der Waals surface area (Å²) in [6.07, 6.45) is 4.02. The van der Waals surface area contributed by atoms with Crippen molar-refractivity contribution in [2.45, 2.75) is 58.0 Å². The number of aromatic hydroxyl groups is 1. The maximum atomic E-state index is 13.2. The fraction of sp³-hybridized carbons (Fsp3) is 0.370. The summed E-state index contributed by atoms with van der Waals surface area (Å²) < 4.78 is 0. The van der Waals surface area contributed by atoms with E-state index in [-0.39, 0.29) is 29.6 Å². The molecule has 1 amide bonds. The van der Waals surface area contributed by atoms with Crippen LogP contribution in [0.2, 0.25) is 0 Å². The lowest BCUT2D eigenvalue weighted by Crippen LogP contribution is -2.49. The molecule has 8 heteroatoms. The first-order valence-electron chi connectivity index (χ1n) is 19.7. The van der Waals surface area contributed by atoms with Gasteiger partial charge in [-0.15, -0.1) is 0 Å². The first kappa shape index (κ1) is 35.8. The van der Waals surface area contributed by atoms with Crippen LogP contribution in [-0.4, -0.2) is 84.2 Å². The summed E-state index contributed by atoms with van der Waals surface area (Å²) in [6, 6.07) is 32.9. The summed E-state index contributed by atoms with van der Waals surface area (Å²) in [5, 5.41) is 10.00. The number of rotatable bonds is 9. The number of phenolic OH excluding ortho intramolecular Hbond substituents is 1. The predicted octanol–water partition coefficient (Wildman–Crippen LogP) is 7.45. The molecule has 0 bridgehead atoms. The fourth-order valence-electron chi connectivity index (χ4n) is 9.04. The summed E-state index contributed by atoms with van der Waals surface area (Å²) in [4.78, 5) is 46.7. The van der Waals surface area contributed by atoms with E-state index in [1.807, 2.05) is 18.2 Å². The van der Waals surface area contributed by atoms with Crippen molar-refractivity contribution in [2.75, 3.05) is 55.6 Å². The average molecular weight is 723 g/mol. The Bertz CT molecular complexity index is 2030. The van der Waals surface area contributed by atoms with E-state index in [0.29, 0.717) is 30.9 Å². The molecule has 2 saturated heterocycles. The smallest absolute Gasteiger partial charge is 0.255 e. The van der Waals surface area contributed by atoms with Crippen LogP contribution in [0.1, 0.15) is 78.1 Å². The number of hydrogen-bond donors (Lipinski definition) is 1. The number of fused-ring (bicyclic) bond motifs is 1. The molecule has 4 aromatic rings. The lowest BCUT2D eigenvalue weighted by Gasteiger charge is -2.40. The standard InChI is InChI=1S/C46H50N4O4/c1-2-41(33-6-4-3-5-7-33)45(35-10-15-39(51)16-11-35)34-8-12-37(13-9-34)48-22-20-32(21-23-48)30-47-24-26-49(27-25-47)38-14-18-42-36(28-38)31-50(46(42)54)43-19-17-40(52)29-44(43)53/h3-16,18,28,32,43,51H,2,17,19-27,29-31H2,1H3/b45-41+/t43-/m0/s1. The summed E-state index contributed by atoms with van der Waals surface area (Å²) in [5.74, 6) is 0.732. The van der Waals surface area contributed by atoms with E-state index in [1.165, 1.54) is 40.8 Å². The Morgan fingerprint density at radius 3 is 2.02 bits per heavy atom. The number of phenols is 1. The van der Waals surface area contributed by atoms with Crippen LogP contribution in [0.3, 0.4) is 0 Å². The fourth-order valence-corrected chi connectivity index (χ4v) is 9.04. The molecule has 54 heavy (non-hydrogen) atoms. The van der Waals surface area contributed by atoms with Crippen LogP contribution < -0.4 is 9.80 Å². The number of carbonyl (C=O) groups excluding carboxylic acids is 3. The van der Waals surface area contributed by atoms with Gasteiger partial charge in [-0.3, -0.25) is 19.3 Å². The number of anilines is 2. The minimum Gasteiger partial charge on any atom is -0.508 e. The second kappa shape index (κ2) is 15.6. The molecule has 3 heterocycles. The summed E-state index contributed by atoms with van der Waals surface area (Å²) in [5.41, 5.74) is 10.1. The molecule has 0 radical (unpaired) electrons. The van der Waals surface area contributed by atoms with Crippen LogP contribution in [0.5, 0.6) is 5.75 Å². The Labute approximate surface area is 318 Å². The number of piperidine rings is 1. The zero-order valence-electron chi connectivity index (χ0n) is 31.3. The Hall–Kier alpha value is -5.21. The van der Waals surface area contributed by atoms with Crippen LogP contribution in [0.25, 0.3) is 11.1 Å². The van der Waals surface area contributed by atoms with Gasteiger partial charge >= 0.3 is 0 Å². The second-order valence-corrected chi connectivity index (χ2v) is 15.4. The van der Waals surface area contributed by atoms with Gasteiger partial charge in [0.2, 0.25) is 0 Å². The van der Waals surface area contributed by atoms with Crippen molar-refractivity contribution in [1.82, 2.24) is 9.80 Å². The van der Waals surface area contributed by atoms with Crippen LogP contribution in [0, 0.1) is 5.92 Å². The third-order valence-corrected chi connectivity index (χ3v) is 12.1. The van der Waals surface area contributed by atoms with E-state index in [0.717, 1.165) is 69.0 Å². The number of benzene rings is 4. The molecular weight excluding hydrogens is 673 g/mol. The monoisotopic (exact) mass is 722 g/mol. The summed E-state index contributed by atoms with van der Waals surface area (Å²) >= 11 is 0. The average Bonchev–Trinajstić information content (AvgIpc) is 3.53. The zero-order chi connectivity index (χ0) is 37.2. The predicted molar refractivity (Wildman–Crippen MR) is 215 cm³/mol. The van der Waals surface area contributed by atoms with Gasteiger partial charge in [-0.25, -0.2) is 0 Å². The third-order valence-electron chi connectivity index (χ3n) is 12.1. The van der Waals surface area contributed by atoms with Crippen molar-refractivity contribution >= 4 is 40.0 Å². The number of ketones is 2. The number of allylic oxidation sites excluding steroid dienone is 1. The summed E-state index contributed by atoms with van der Waals surface area (Å²) in [7, 11) is 0. The number of Topliss-reactive ketones (excluding diaryl/α,β-unsaturated/α-hetero) is 2. The van der Waals surface area contributed by atoms with E-state index in [4.69, 9.17) is 0 Å². The van der Waals surface area contributed by atoms with Crippen molar-refractivity contribution in [1.29, 1.82) is 0 Å². The second-order valence-electron chi connectivity index (χ2n) is 15.4. The molecule has 1 N–H and O–H groups in total. The Morgan fingerprint density at radius 1 is 0.704 bits per heavy atom. The third kappa shape index (κ3) is 7.45. The SMILES string of the molecule is CC/C(=C(\c1ccc(O)cc1)c1ccc(N2CCC(CN3CCN(c4ccc5c(c4)CN([C@H]4CCC(=O)CC4=O)C5=O)CC3)CC2)cc1)c1ccccc1. The van der Waals surface area contributed by atoms with E-state index < -0.39 is 6.04 Å². The van der Waals surface area contributed by atoms with Gasteiger partial charge in [0.05, 0.1) is 12.5 Å². The molecular formula is C46H50N4O4. The highest BCUT2D eigenvalue weighted by Crippen LogP contribution is 2.37. The molecule has 8 rings (SSSR count). The van der Waals surface area contributed by atoms with E-state index >= 15 is 0 Å². The highest BCUT2D eigenvalue weighted by atomic mass is 16.3.